The SMILES string of the molecule is CCNC(=NCC(c1ccccc1OC)N1CCCCC1)N1CCC(OCC)CC1.I. The molecule has 0 amide bonds. The molecule has 1 unspecified atom stereocenters. The minimum atomic E-state index is 0. The van der Waals surface area contributed by atoms with E-state index in [0.717, 1.165) is 70.4 Å². The molecule has 0 radical (unpaired) electrons. The van der Waals surface area contributed by atoms with Gasteiger partial charge in [-0.15, -0.1) is 24.0 Å². The van der Waals surface area contributed by atoms with Gasteiger partial charge in [0.2, 0.25) is 0 Å². The summed E-state index contributed by atoms with van der Waals surface area (Å²) < 4.78 is 11.5. The monoisotopic (exact) mass is 544 g/mol. The maximum Gasteiger partial charge on any atom is 0.193 e. The molecule has 0 spiro atoms. The Bertz CT molecular complexity index is 659. The van der Waals surface area contributed by atoms with Gasteiger partial charge in [0.1, 0.15) is 5.75 Å². The molecule has 176 valence electrons. The van der Waals surface area contributed by atoms with E-state index in [-0.39, 0.29) is 30.0 Å². The first-order valence-corrected chi connectivity index (χ1v) is 11.8. The first-order valence-electron chi connectivity index (χ1n) is 11.8. The molecule has 0 aliphatic carbocycles. The van der Waals surface area contributed by atoms with Crippen LogP contribution in [0.4, 0.5) is 0 Å². The van der Waals surface area contributed by atoms with Gasteiger partial charge >= 0.3 is 0 Å². The van der Waals surface area contributed by atoms with Gasteiger partial charge in [-0.3, -0.25) is 9.89 Å². The Morgan fingerprint density at radius 2 is 1.81 bits per heavy atom. The molecule has 1 aromatic rings. The topological polar surface area (TPSA) is 49.3 Å². The van der Waals surface area contributed by atoms with Gasteiger partial charge < -0.3 is 19.7 Å². The zero-order valence-corrected chi connectivity index (χ0v) is 21.8. The third-order valence-corrected chi connectivity index (χ3v) is 6.22. The number of hydrogen-bond donors (Lipinski definition) is 1. The summed E-state index contributed by atoms with van der Waals surface area (Å²) in [7, 11) is 1.77. The van der Waals surface area contributed by atoms with Gasteiger partial charge in [-0.25, -0.2) is 0 Å². The van der Waals surface area contributed by atoms with Crippen molar-refractivity contribution in [3.63, 3.8) is 0 Å². The number of piperidine rings is 2. The predicted octanol–water partition coefficient (Wildman–Crippen LogP) is 4.31. The molecule has 2 heterocycles. The van der Waals surface area contributed by atoms with E-state index in [9.17, 15) is 0 Å². The van der Waals surface area contributed by atoms with Crippen LogP contribution in [0.1, 0.15) is 57.6 Å². The lowest BCUT2D eigenvalue weighted by Gasteiger charge is -2.36. The number of ether oxygens (including phenoxy) is 2. The lowest BCUT2D eigenvalue weighted by Crippen LogP contribution is -2.47. The zero-order valence-electron chi connectivity index (χ0n) is 19.5. The fraction of sp³-hybridized carbons (Fsp3) is 0.708. The predicted molar refractivity (Wildman–Crippen MR) is 139 cm³/mol. The molecular formula is C24H41IN4O2. The molecule has 2 fully saturated rings. The second-order valence-electron chi connectivity index (χ2n) is 8.19. The van der Waals surface area contributed by atoms with Gasteiger partial charge in [0, 0.05) is 31.8 Å². The van der Waals surface area contributed by atoms with Gasteiger partial charge in [-0.05, 0) is 58.7 Å². The molecule has 3 rings (SSSR count). The summed E-state index contributed by atoms with van der Waals surface area (Å²) in [5.74, 6) is 2.00. The molecule has 1 aromatic carbocycles. The van der Waals surface area contributed by atoms with Crippen LogP contribution >= 0.6 is 24.0 Å². The average Bonchev–Trinajstić information content (AvgIpc) is 2.80. The summed E-state index contributed by atoms with van der Waals surface area (Å²) in [6, 6.07) is 8.68. The fourth-order valence-corrected chi connectivity index (χ4v) is 4.65. The Labute approximate surface area is 205 Å². The van der Waals surface area contributed by atoms with Crippen LogP contribution in [0.5, 0.6) is 5.75 Å². The number of nitrogens with zero attached hydrogens (tertiary/aromatic N) is 3. The first-order chi connectivity index (χ1) is 14.8. The Kier molecular flexibility index (Phi) is 12.0. The number of rotatable bonds is 8. The van der Waals surface area contributed by atoms with Crippen LogP contribution in [-0.4, -0.2) is 74.8 Å². The smallest absolute Gasteiger partial charge is 0.193 e. The van der Waals surface area contributed by atoms with Crippen LogP contribution in [0.2, 0.25) is 0 Å². The Morgan fingerprint density at radius 1 is 1.10 bits per heavy atom. The van der Waals surface area contributed by atoms with Crippen LogP contribution in [0.3, 0.4) is 0 Å². The molecular weight excluding hydrogens is 503 g/mol. The highest BCUT2D eigenvalue weighted by Gasteiger charge is 2.26. The van der Waals surface area contributed by atoms with Crippen molar-refractivity contribution in [1.82, 2.24) is 15.1 Å². The third kappa shape index (κ3) is 7.49. The van der Waals surface area contributed by atoms with Crippen molar-refractivity contribution in [2.75, 3.05) is 53.0 Å². The second kappa shape index (κ2) is 14.2. The number of nitrogens with one attached hydrogen (secondary N) is 1. The number of guanidine groups is 1. The van der Waals surface area contributed by atoms with Gasteiger partial charge in [-0.1, -0.05) is 24.6 Å². The van der Waals surface area contributed by atoms with Gasteiger partial charge in [0.15, 0.2) is 5.96 Å². The summed E-state index contributed by atoms with van der Waals surface area (Å²) in [6.07, 6.45) is 6.39. The zero-order chi connectivity index (χ0) is 21.2. The molecule has 2 aliphatic rings. The minimum absolute atomic E-state index is 0. The van der Waals surface area contributed by atoms with Crippen molar-refractivity contribution in [2.24, 2.45) is 4.99 Å². The van der Waals surface area contributed by atoms with E-state index in [0.29, 0.717) is 6.10 Å². The van der Waals surface area contributed by atoms with Crippen LogP contribution in [-0.2, 0) is 4.74 Å². The molecule has 2 saturated heterocycles. The highest BCUT2D eigenvalue weighted by atomic mass is 127. The van der Waals surface area contributed by atoms with E-state index in [1.807, 2.05) is 6.07 Å². The summed E-state index contributed by atoms with van der Waals surface area (Å²) in [4.78, 5) is 10.1. The van der Waals surface area contributed by atoms with Gasteiger partial charge in [0.05, 0.1) is 25.8 Å². The van der Waals surface area contributed by atoms with Crippen molar-refractivity contribution < 1.29 is 9.47 Å². The Hall–Kier alpha value is -1.06. The van der Waals surface area contributed by atoms with Gasteiger partial charge in [-0.2, -0.15) is 0 Å². The molecule has 0 bridgehead atoms. The van der Waals surface area contributed by atoms with Crippen LogP contribution in [0.15, 0.2) is 29.3 Å². The molecule has 1 N–H and O–H groups in total. The molecule has 6 nitrogen and oxygen atoms in total. The van der Waals surface area contributed by atoms with E-state index >= 15 is 0 Å². The quantitative estimate of drug-likeness (QED) is 0.301. The lowest BCUT2D eigenvalue weighted by molar-refractivity contribution is 0.0263. The van der Waals surface area contributed by atoms with Crippen molar-refractivity contribution >= 4 is 29.9 Å². The maximum atomic E-state index is 5.82. The number of benzene rings is 1. The van der Waals surface area contributed by atoms with E-state index < -0.39 is 0 Å². The average molecular weight is 545 g/mol. The van der Waals surface area contributed by atoms with Crippen LogP contribution in [0, 0.1) is 0 Å². The standard InChI is InChI=1S/C24H40N4O2.HI/c1-4-25-24(28-17-13-20(14-18-28)30-5-2)26-19-22(27-15-9-6-10-16-27)21-11-7-8-12-23(21)29-3;/h7-8,11-12,20,22H,4-6,9-10,13-19H2,1-3H3,(H,25,26);1H. The van der Waals surface area contributed by atoms with E-state index in [2.05, 4.69) is 47.2 Å². The number of likely N-dealkylation sites (tertiary alicyclic amines) is 2. The maximum absolute atomic E-state index is 5.82. The third-order valence-electron chi connectivity index (χ3n) is 6.22. The number of aliphatic imine (C=N–C) groups is 1. The number of methoxy groups -OCH3 is 1. The van der Waals surface area contributed by atoms with Crippen molar-refractivity contribution in [2.45, 2.75) is 58.1 Å². The summed E-state index contributed by atoms with van der Waals surface area (Å²) >= 11 is 0. The van der Waals surface area contributed by atoms with Crippen molar-refractivity contribution in [3.8, 4) is 5.75 Å². The minimum Gasteiger partial charge on any atom is -0.496 e. The largest absolute Gasteiger partial charge is 0.496 e. The highest BCUT2D eigenvalue weighted by Crippen LogP contribution is 2.31. The van der Waals surface area contributed by atoms with Gasteiger partial charge in [0.25, 0.3) is 0 Å². The summed E-state index contributed by atoms with van der Waals surface area (Å²) in [6.45, 7) is 10.9. The van der Waals surface area contributed by atoms with E-state index in [1.54, 1.807) is 7.11 Å². The second-order valence-corrected chi connectivity index (χ2v) is 8.19. The molecule has 2 aliphatic heterocycles. The van der Waals surface area contributed by atoms with Crippen molar-refractivity contribution in [1.29, 1.82) is 0 Å². The molecule has 0 saturated carbocycles. The number of hydrogen-bond acceptors (Lipinski definition) is 4. The molecule has 7 heteroatoms. The lowest BCUT2D eigenvalue weighted by atomic mass is 10.0. The highest BCUT2D eigenvalue weighted by molar-refractivity contribution is 14.0. The summed E-state index contributed by atoms with van der Waals surface area (Å²) in [5, 5.41) is 3.52. The van der Waals surface area contributed by atoms with E-state index in [1.165, 1.54) is 24.8 Å². The summed E-state index contributed by atoms with van der Waals surface area (Å²) in [5.41, 5.74) is 1.25. The van der Waals surface area contributed by atoms with Crippen molar-refractivity contribution in [3.05, 3.63) is 29.8 Å². The number of halogens is 1. The molecule has 0 aromatic heterocycles. The molecule has 31 heavy (non-hydrogen) atoms. The van der Waals surface area contributed by atoms with E-state index in [4.69, 9.17) is 14.5 Å². The Morgan fingerprint density at radius 3 is 2.45 bits per heavy atom. The van der Waals surface area contributed by atoms with Crippen LogP contribution in [0.25, 0.3) is 0 Å². The Balaban J connectivity index is 0.00000341. The number of para-hydroxylation sites is 1. The molecule has 1 atom stereocenters. The first kappa shape index (κ1) is 26.2. The van der Waals surface area contributed by atoms with Crippen LogP contribution < -0.4 is 10.1 Å². The normalized spacial score (nSPS) is 19.6. The fourth-order valence-electron chi connectivity index (χ4n) is 4.65.